The van der Waals surface area contributed by atoms with E-state index < -0.39 is 15.9 Å². The van der Waals surface area contributed by atoms with Gasteiger partial charge in [0.1, 0.15) is 6.10 Å². The van der Waals surface area contributed by atoms with Crippen molar-refractivity contribution in [3.05, 3.63) is 59.5 Å². The highest BCUT2D eigenvalue weighted by molar-refractivity contribution is 7.90. The summed E-state index contributed by atoms with van der Waals surface area (Å²) in [5, 5.41) is 14.6. The minimum absolute atomic E-state index is 0.285. The summed E-state index contributed by atoms with van der Waals surface area (Å²) in [6, 6.07) is 16.5. The third kappa shape index (κ3) is 3.72. The highest BCUT2D eigenvalue weighted by Gasteiger charge is 2.11. The van der Waals surface area contributed by atoms with E-state index in [2.05, 4.69) is 5.32 Å². The Morgan fingerprint density at radius 2 is 1.83 bits per heavy atom. The molecule has 1 heterocycles. The van der Waals surface area contributed by atoms with Crippen LogP contribution in [0.4, 0.5) is 5.69 Å². The van der Waals surface area contributed by atoms with Crippen molar-refractivity contribution in [2.45, 2.75) is 11.0 Å². The summed E-state index contributed by atoms with van der Waals surface area (Å²) in [4.78, 5) is 1.19. The van der Waals surface area contributed by atoms with Crippen molar-refractivity contribution in [3.8, 4) is 0 Å². The smallest absolute Gasteiger partial charge is 0.175 e. The zero-order valence-corrected chi connectivity index (χ0v) is 14.2. The minimum atomic E-state index is -3.18. The molecule has 2 N–H and O–H groups in total. The van der Waals surface area contributed by atoms with E-state index >= 15 is 0 Å². The summed E-state index contributed by atoms with van der Waals surface area (Å²) in [5.74, 6) is 0. The fourth-order valence-corrected chi connectivity index (χ4v) is 3.98. The van der Waals surface area contributed by atoms with Crippen molar-refractivity contribution in [1.82, 2.24) is 0 Å². The summed E-state index contributed by atoms with van der Waals surface area (Å²) in [6.07, 6.45) is 0.572. The predicted octanol–water partition coefficient (Wildman–Crippen LogP) is 3.45. The van der Waals surface area contributed by atoms with Crippen molar-refractivity contribution in [2.75, 3.05) is 18.1 Å². The van der Waals surface area contributed by atoms with Gasteiger partial charge in [-0.15, -0.1) is 11.3 Å². The summed E-state index contributed by atoms with van der Waals surface area (Å²) >= 11 is 1.58. The normalized spacial score (nSPS) is 13.1. The van der Waals surface area contributed by atoms with Crippen LogP contribution in [0.2, 0.25) is 0 Å². The Hall–Kier alpha value is -1.89. The number of aliphatic hydroxyl groups excluding tert-OH is 1. The first-order chi connectivity index (χ1) is 10.9. The average Bonchev–Trinajstić information content (AvgIpc) is 2.96. The Morgan fingerprint density at radius 1 is 1.13 bits per heavy atom. The first kappa shape index (κ1) is 16.0. The quantitative estimate of drug-likeness (QED) is 0.742. The van der Waals surface area contributed by atoms with Gasteiger partial charge in [0.25, 0.3) is 0 Å². The fourth-order valence-electron chi connectivity index (χ4n) is 2.30. The number of hydrogen-bond acceptors (Lipinski definition) is 5. The first-order valence-electron chi connectivity index (χ1n) is 7.14. The largest absolute Gasteiger partial charge is 0.386 e. The molecule has 0 spiro atoms. The summed E-state index contributed by atoms with van der Waals surface area (Å²) in [6.45, 7) is 0.366. The molecular formula is C17H17NO3S2. The van der Waals surface area contributed by atoms with Crippen LogP contribution in [0.1, 0.15) is 11.0 Å². The Kier molecular flexibility index (Phi) is 4.39. The molecule has 23 heavy (non-hydrogen) atoms. The van der Waals surface area contributed by atoms with Gasteiger partial charge in [0.2, 0.25) is 0 Å². The van der Waals surface area contributed by atoms with Crippen LogP contribution < -0.4 is 5.32 Å². The second kappa shape index (κ2) is 6.31. The van der Waals surface area contributed by atoms with E-state index in [4.69, 9.17) is 0 Å². The van der Waals surface area contributed by atoms with Gasteiger partial charge >= 0.3 is 0 Å². The maximum absolute atomic E-state index is 11.4. The first-order valence-corrected chi connectivity index (χ1v) is 9.85. The minimum Gasteiger partial charge on any atom is -0.386 e. The summed E-state index contributed by atoms with van der Waals surface area (Å²) < 4.78 is 24.0. The molecule has 1 atom stereocenters. The molecule has 0 amide bonds. The molecule has 0 saturated carbocycles. The number of anilines is 1. The molecule has 6 heteroatoms. The van der Waals surface area contributed by atoms with E-state index in [1.165, 1.54) is 6.26 Å². The van der Waals surface area contributed by atoms with Crippen LogP contribution in [-0.2, 0) is 9.84 Å². The van der Waals surface area contributed by atoms with Crippen LogP contribution in [0.15, 0.2) is 59.5 Å². The second-order valence-corrected chi connectivity index (χ2v) is 8.51. The molecule has 0 saturated heterocycles. The second-order valence-electron chi connectivity index (χ2n) is 5.38. The number of rotatable bonds is 5. The van der Waals surface area contributed by atoms with Crippen molar-refractivity contribution in [3.63, 3.8) is 0 Å². The Bertz CT molecular complexity index is 881. The maximum Gasteiger partial charge on any atom is 0.175 e. The van der Waals surface area contributed by atoms with E-state index in [0.29, 0.717) is 6.54 Å². The van der Waals surface area contributed by atoms with Crippen LogP contribution in [-0.4, -0.2) is 26.3 Å². The van der Waals surface area contributed by atoms with Crippen LogP contribution in [0.25, 0.3) is 10.1 Å². The number of hydrogen-bond donors (Lipinski definition) is 2. The van der Waals surface area contributed by atoms with E-state index in [9.17, 15) is 13.5 Å². The van der Waals surface area contributed by atoms with Crippen LogP contribution in [0.5, 0.6) is 0 Å². The molecule has 0 fully saturated rings. The third-order valence-electron chi connectivity index (χ3n) is 3.56. The Balaban J connectivity index is 1.67. The van der Waals surface area contributed by atoms with Crippen LogP contribution >= 0.6 is 11.3 Å². The predicted molar refractivity (Wildman–Crippen MR) is 94.8 cm³/mol. The zero-order valence-electron chi connectivity index (χ0n) is 12.6. The number of fused-ring (bicyclic) bond motifs is 1. The van der Waals surface area contributed by atoms with Gasteiger partial charge in [-0.25, -0.2) is 8.42 Å². The SMILES string of the molecule is CS(=O)(=O)c1ccc(NC[C@@H](O)c2cc3ccccc3s2)cc1. The van der Waals surface area contributed by atoms with E-state index in [0.717, 1.165) is 20.7 Å². The van der Waals surface area contributed by atoms with Gasteiger partial charge in [0, 0.05) is 28.1 Å². The number of benzene rings is 2. The van der Waals surface area contributed by atoms with Gasteiger partial charge in [0.15, 0.2) is 9.84 Å². The lowest BCUT2D eigenvalue weighted by Crippen LogP contribution is -2.11. The topological polar surface area (TPSA) is 66.4 Å². The standard InChI is InChI=1S/C17H17NO3S2/c1-23(20,21)14-8-6-13(7-9-14)18-11-15(19)17-10-12-4-2-3-5-16(12)22-17/h2-10,15,18-19H,11H2,1H3/t15-/m1/s1. The molecule has 120 valence electrons. The molecule has 0 aliphatic rings. The van der Waals surface area contributed by atoms with Crippen LogP contribution in [0, 0.1) is 0 Å². The van der Waals surface area contributed by atoms with Crippen molar-refractivity contribution in [2.24, 2.45) is 0 Å². The molecule has 4 nitrogen and oxygen atoms in total. The van der Waals surface area contributed by atoms with E-state index in [1.54, 1.807) is 35.6 Å². The average molecular weight is 347 g/mol. The lowest BCUT2D eigenvalue weighted by Gasteiger charge is -2.11. The van der Waals surface area contributed by atoms with Gasteiger partial charge in [-0.1, -0.05) is 18.2 Å². The number of aliphatic hydroxyl groups is 1. The Labute approximate surface area is 139 Å². The van der Waals surface area contributed by atoms with Gasteiger partial charge in [0.05, 0.1) is 4.90 Å². The lowest BCUT2D eigenvalue weighted by molar-refractivity contribution is 0.195. The molecule has 0 unspecified atom stereocenters. The van der Waals surface area contributed by atoms with E-state index in [-0.39, 0.29) is 4.90 Å². The van der Waals surface area contributed by atoms with Crippen LogP contribution in [0.3, 0.4) is 0 Å². The Morgan fingerprint density at radius 3 is 2.48 bits per heavy atom. The summed E-state index contributed by atoms with van der Waals surface area (Å²) in [5.41, 5.74) is 0.776. The molecule has 0 bridgehead atoms. The monoisotopic (exact) mass is 347 g/mol. The molecule has 2 aromatic carbocycles. The highest BCUT2D eigenvalue weighted by atomic mass is 32.2. The molecule has 3 aromatic rings. The number of sulfone groups is 1. The third-order valence-corrected chi connectivity index (χ3v) is 5.90. The van der Waals surface area contributed by atoms with Gasteiger partial charge in [-0.3, -0.25) is 0 Å². The van der Waals surface area contributed by atoms with Crippen molar-refractivity contribution in [1.29, 1.82) is 0 Å². The maximum atomic E-state index is 11.4. The molecule has 1 aromatic heterocycles. The van der Waals surface area contributed by atoms with Crippen molar-refractivity contribution < 1.29 is 13.5 Å². The summed E-state index contributed by atoms with van der Waals surface area (Å²) in [7, 11) is -3.18. The number of thiophene rings is 1. The van der Waals surface area contributed by atoms with E-state index in [1.807, 2.05) is 30.3 Å². The fraction of sp³-hybridized carbons (Fsp3) is 0.176. The number of nitrogens with one attached hydrogen (secondary N) is 1. The van der Waals surface area contributed by atoms with Gasteiger partial charge in [-0.2, -0.15) is 0 Å². The molecule has 0 aliphatic heterocycles. The lowest BCUT2D eigenvalue weighted by atomic mass is 10.2. The molecule has 0 radical (unpaired) electrons. The van der Waals surface area contributed by atoms with Crippen molar-refractivity contribution >= 4 is 36.9 Å². The highest BCUT2D eigenvalue weighted by Crippen LogP contribution is 2.30. The van der Waals surface area contributed by atoms with Gasteiger partial charge in [-0.05, 0) is 41.8 Å². The molecular weight excluding hydrogens is 330 g/mol. The van der Waals surface area contributed by atoms with Gasteiger partial charge < -0.3 is 10.4 Å². The zero-order chi connectivity index (χ0) is 16.4. The molecule has 0 aliphatic carbocycles. The molecule has 3 rings (SSSR count).